The lowest BCUT2D eigenvalue weighted by molar-refractivity contribution is -0.153. The van der Waals surface area contributed by atoms with Crippen molar-refractivity contribution in [3.8, 4) is 0 Å². The Morgan fingerprint density at radius 2 is 0.690 bits per heavy atom. The van der Waals surface area contributed by atoms with Gasteiger partial charge in [-0.15, -0.1) is 0 Å². The van der Waals surface area contributed by atoms with E-state index in [-0.39, 0.29) is 65.0 Å². The summed E-state index contributed by atoms with van der Waals surface area (Å²) < 4.78 is 0. The molecule has 9 N–H and O–H groups in total. The molecule has 0 aromatic heterocycles. The van der Waals surface area contributed by atoms with Gasteiger partial charge in [0.25, 0.3) is 0 Å². The Morgan fingerprint density at radius 3 is 1.09 bits per heavy atom. The molecule has 8 bridgehead atoms. The van der Waals surface area contributed by atoms with Crippen LogP contribution in [0, 0.1) is 98.6 Å². The molecule has 9 nitrogen and oxygen atoms in total. The molecule has 0 radical (unpaired) electrons. The smallest absolute Gasteiger partial charge is 0.0632 e. The minimum atomic E-state index is 0.0602. The van der Waals surface area contributed by atoms with E-state index < -0.39 is 0 Å². The monoisotopic (exact) mass is 807 g/mol. The van der Waals surface area contributed by atoms with Crippen LogP contribution in [0.25, 0.3) is 0 Å². The number of fused-ring (bicyclic) bond motifs is 20. The van der Waals surface area contributed by atoms with Gasteiger partial charge < -0.3 is 5.11 Å². The van der Waals surface area contributed by atoms with Crippen molar-refractivity contribution in [3.63, 3.8) is 0 Å². The zero-order chi connectivity index (χ0) is 41.3. The molecule has 9 rings (SSSR count). The van der Waals surface area contributed by atoms with Crippen molar-refractivity contribution in [3.05, 3.63) is 0 Å². The molecule has 9 heteroatoms. The summed E-state index contributed by atoms with van der Waals surface area (Å²) in [6, 6.07) is 0. The second-order valence-corrected chi connectivity index (χ2v) is 26.2. The van der Waals surface area contributed by atoms with Gasteiger partial charge in [-0.25, -0.2) is 0 Å². The first-order valence-corrected chi connectivity index (χ1v) is 24.9. The first-order chi connectivity index (χ1) is 27.3. The zero-order valence-electron chi connectivity index (χ0n) is 39.1. The third kappa shape index (κ3) is 7.42. The molecule has 9 fully saturated rings. The lowest BCUT2D eigenvalue weighted by Gasteiger charge is -2.62. The fraction of sp³-hybridized carbons (Fsp3) is 1.00. The van der Waals surface area contributed by atoms with Crippen LogP contribution in [-0.2, 0) is 0 Å². The van der Waals surface area contributed by atoms with E-state index in [0.29, 0.717) is 89.5 Å². The van der Waals surface area contributed by atoms with Gasteiger partial charge in [-0.3, -0.25) is 42.5 Å². The summed E-state index contributed by atoms with van der Waals surface area (Å²) in [6.45, 7) is 30.4. The van der Waals surface area contributed by atoms with E-state index >= 15 is 0 Å². The predicted octanol–water partition coefficient (Wildman–Crippen LogP) is 6.91. The van der Waals surface area contributed by atoms with Gasteiger partial charge in [0, 0.05) is 6.61 Å². The molecule has 4 aliphatic carbocycles. The van der Waals surface area contributed by atoms with Crippen LogP contribution in [0.15, 0.2) is 0 Å². The second kappa shape index (κ2) is 15.4. The van der Waals surface area contributed by atoms with Crippen LogP contribution < -0.4 is 42.5 Å². The minimum absolute atomic E-state index is 0.0602. The van der Waals surface area contributed by atoms with E-state index in [0.717, 1.165) is 0 Å². The summed E-state index contributed by atoms with van der Waals surface area (Å²) in [4.78, 5) is 0. The van der Waals surface area contributed by atoms with Crippen molar-refractivity contribution in [1.29, 1.82) is 0 Å². The standard InChI is InChI=1S/C49H90N8O/c1-46(2,3)31-23-17-22-29-32(31)43-55-42(29)53-40-26-19-14-13-18-25(26)38(51-40)50-39-27-20-15-16-21-28(27)41(52-39)54-44-33-30(24-58)35(47(4,5)6)37(49(10,11)12)36(48(7,8)9)34(33)45(56-43)57-44/h25-45,50-58H,13-24H2,1-12H3. The molecule has 9 aliphatic rings. The summed E-state index contributed by atoms with van der Waals surface area (Å²) in [5, 5.41) is 47.0. The molecular weight excluding hydrogens is 717 g/mol. The number of aliphatic hydroxyl groups is 1. The van der Waals surface area contributed by atoms with Crippen LogP contribution >= 0.6 is 0 Å². The molecular formula is C49H90N8O. The van der Waals surface area contributed by atoms with Gasteiger partial charge in [-0.2, -0.15) is 0 Å². The minimum Gasteiger partial charge on any atom is -0.396 e. The first-order valence-electron chi connectivity index (χ1n) is 24.9. The van der Waals surface area contributed by atoms with Gasteiger partial charge in [0.1, 0.15) is 0 Å². The molecule has 0 aromatic rings. The maximum atomic E-state index is 11.9. The fourth-order valence-corrected chi connectivity index (χ4v) is 17.0. The van der Waals surface area contributed by atoms with Crippen LogP contribution in [-0.4, -0.2) is 61.0 Å². The van der Waals surface area contributed by atoms with Crippen molar-refractivity contribution in [2.75, 3.05) is 6.61 Å². The summed E-state index contributed by atoms with van der Waals surface area (Å²) in [7, 11) is 0. The third-order valence-corrected chi connectivity index (χ3v) is 18.8. The highest BCUT2D eigenvalue weighted by Crippen LogP contribution is 2.64. The summed E-state index contributed by atoms with van der Waals surface area (Å²) in [6.07, 6.45) is 16.5. The molecule has 332 valence electrons. The molecule has 0 spiro atoms. The Bertz CT molecular complexity index is 1450. The van der Waals surface area contributed by atoms with Gasteiger partial charge in [0.15, 0.2) is 0 Å². The highest BCUT2D eigenvalue weighted by Gasteiger charge is 2.66. The molecule has 4 saturated carbocycles. The molecule has 0 amide bonds. The van der Waals surface area contributed by atoms with Crippen molar-refractivity contribution in [2.24, 2.45) is 98.6 Å². The normalized spacial score (nSPS) is 51.2. The Morgan fingerprint density at radius 1 is 0.345 bits per heavy atom. The van der Waals surface area contributed by atoms with E-state index in [2.05, 4.69) is 126 Å². The first kappa shape index (κ1) is 42.9. The molecule has 21 atom stereocenters. The van der Waals surface area contributed by atoms with Gasteiger partial charge in [0.05, 0.1) is 49.3 Å². The zero-order valence-corrected chi connectivity index (χ0v) is 39.1. The topological polar surface area (TPSA) is 116 Å². The van der Waals surface area contributed by atoms with E-state index in [9.17, 15) is 5.11 Å². The van der Waals surface area contributed by atoms with Gasteiger partial charge in [-0.1, -0.05) is 115 Å². The van der Waals surface area contributed by atoms with Crippen LogP contribution in [0.3, 0.4) is 0 Å². The van der Waals surface area contributed by atoms with Crippen molar-refractivity contribution in [1.82, 2.24) is 42.5 Å². The third-order valence-electron chi connectivity index (χ3n) is 18.8. The second-order valence-electron chi connectivity index (χ2n) is 26.2. The average Bonchev–Trinajstić information content (AvgIpc) is 3.88. The van der Waals surface area contributed by atoms with Crippen LogP contribution in [0.4, 0.5) is 0 Å². The molecule has 5 heterocycles. The van der Waals surface area contributed by atoms with Crippen LogP contribution in [0.2, 0.25) is 0 Å². The van der Waals surface area contributed by atoms with Gasteiger partial charge in [0.2, 0.25) is 0 Å². The van der Waals surface area contributed by atoms with Crippen molar-refractivity contribution < 1.29 is 5.11 Å². The quantitative estimate of drug-likeness (QED) is 0.140. The molecule has 5 aliphatic heterocycles. The lowest BCUT2D eigenvalue weighted by atomic mass is 9.43. The lowest BCUT2D eigenvalue weighted by Crippen LogP contribution is -2.63. The van der Waals surface area contributed by atoms with Crippen LogP contribution in [0.5, 0.6) is 0 Å². The Labute approximate surface area is 354 Å². The van der Waals surface area contributed by atoms with E-state index in [1.165, 1.54) is 70.6 Å². The van der Waals surface area contributed by atoms with Crippen molar-refractivity contribution >= 4 is 0 Å². The average molecular weight is 807 g/mol. The Hall–Kier alpha value is -0.360. The number of hydrogen-bond acceptors (Lipinski definition) is 9. The summed E-state index contributed by atoms with van der Waals surface area (Å²) in [5.74, 6) is 6.57. The molecule has 5 saturated heterocycles. The maximum absolute atomic E-state index is 11.9. The maximum Gasteiger partial charge on any atom is 0.0632 e. The fourth-order valence-electron chi connectivity index (χ4n) is 17.0. The number of nitrogens with one attached hydrogen (secondary N) is 8. The summed E-state index contributed by atoms with van der Waals surface area (Å²) in [5.41, 5.74) is 0.481. The number of hydrogen-bond donors (Lipinski definition) is 9. The molecule has 58 heavy (non-hydrogen) atoms. The highest BCUT2D eigenvalue weighted by atomic mass is 16.3. The van der Waals surface area contributed by atoms with Crippen LogP contribution in [0.1, 0.15) is 154 Å². The van der Waals surface area contributed by atoms with E-state index in [1.54, 1.807) is 0 Å². The Kier molecular flexibility index (Phi) is 11.4. The largest absolute Gasteiger partial charge is 0.396 e. The molecule has 21 unspecified atom stereocenters. The SMILES string of the molecule is CC(C)(C)C1CCCC2C3NC4NC(NC5NC(NC6NC(NC(N3)C21)C1C6C(CO)C(C(C)(C)C)C(C(C)(C)C)C1C(C)(C)C)C1CCCCC51)C1CCCCC41. The molecule has 0 aromatic carbocycles. The Balaban J connectivity index is 1.17. The summed E-state index contributed by atoms with van der Waals surface area (Å²) >= 11 is 0. The van der Waals surface area contributed by atoms with Gasteiger partial charge >= 0.3 is 0 Å². The van der Waals surface area contributed by atoms with Gasteiger partial charge in [-0.05, 0) is 137 Å². The number of rotatable bonds is 1. The number of aliphatic hydroxyl groups excluding tert-OH is 1. The van der Waals surface area contributed by atoms with E-state index in [4.69, 9.17) is 0 Å². The van der Waals surface area contributed by atoms with Crippen molar-refractivity contribution in [2.45, 2.75) is 203 Å². The highest BCUT2D eigenvalue weighted by molar-refractivity contribution is 5.16. The predicted molar refractivity (Wildman–Crippen MR) is 236 cm³/mol. The van der Waals surface area contributed by atoms with E-state index in [1.807, 2.05) is 0 Å².